The summed E-state index contributed by atoms with van der Waals surface area (Å²) in [5.41, 5.74) is 16.3. The van der Waals surface area contributed by atoms with Crippen LogP contribution in [0.3, 0.4) is 0 Å². The Hall–Kier alpha value is -8.35. The van der Waals surface area contributed by atoms with Crippen LogP contribution in [0.4, 0.5) is 22.7 Å². The predicted octanol–water partition coefficient (Wildman–Crippen LogP) is 16.3. The molecule has 4 heterocycles. The zero-order valence-electron chi connectivity index (χ0n) is 37.0. The van der Waals surface area contributed by atoms with E-state index < -0.39 is 0 Å². The minimum absolute atomic E-state index is 0.0492. The number of pyridine rings is 1. The standard InChI is InChI=1S/C60H46N4O2/c1-60(2,3)44-33-34-61-56(36-44)64-54-38-47(31-32-50(54)59-58(64)51-25-10-13-30-55(51)66-59)65-46-24-15-23-45(37-46)62-39-63(53-29-12-11-28-52(53)62)57-48(41-19-8-5-9-20-41)26-16-27-49(57)43-22-14-21-42(35-43)40-17-6-4-7-18-40/h4-38H,39H2,1-3H3. The number of ether oxygens (including phenoxy) is 1. The highest BCUT2D eigenvalue weighted by atomic mass is 16.5. The van der Waals surface area contributed by atoms with Gasteiger partial charge in [-0.05, 0) is 100.0 Å². The maximum absolute atomic E-state index is 6.81. The first-order valence-corrected chi connectivity index (χ1v) is 22.5. The molecule has 0 bridgehead atoms. The number of para-hydroxylation sites is 4. The Morgan fingerprint density at radius 3 is 1.97 bits per heavy atom. The zero-order chi connectivity index (χ0) is 44.4. The van der Waals surface area contributed by atoms with E-state index in [2.05, 4.69) is 217 Å². The summed E-state index contributed by atoms with van der Waals surface area (Å²) in [4.78, 5) is 9.79. The first-order chi connectivity index (χ1) is 32.4. The topological polar surface area (TPSA) is 46.7 Å². The molecule has 0 saturated carbocycles. The molecule has 8 aromatic carbocycles. The highest BCUT2D eigenvalue weighted by molar-refractivity contribution is 6.16. The van der Waals surface area contributed by atoms with Crippen LogP contribution in [-0.4, -0.2) is 16.2 Å². The monoisotopic (exact) mass is 854 g/mol. The Morgan fingerprint density at radius 1 is 0.515 bits per heavy atom. The largest absolute Gasteiger partial charge is 0.457 e. The van der Waals surface area contributed by atoms with Crippen LogP contribution in [-0.2, 0) is 5.41 Å². The molecule has 0 spiro atoms. The molecule has 318 valence electrons. The fraction of sp³-hybridized carbons (Fsp3) is 0.0833. The van der Waals surface area contributed by atoms with E-state index in [1.54, 1.807) is 0 Å². The van der Waals surface area contributed by atoms with Gasteiger partial charge in [-0.3, -0.25) is 4.57 Å². The van der Waals surface area contributed by atoms with Gasteiger partial charge >= 0.3 is 0 Å². The number of anilines is 4. The lowest BCUT2D eigenvalue weighted by atomic mass is 9.88. The van der Waals surface area contributed by atoms with E-state index >= 15 is 0 Å². The van der Waals surface area contributed by atoms with Crippen LogP contribution in [0.1, 0.15) is 26.3 Å². The lowest BCUT2D eigenvalue weighted by Crippen LogP contribution is -2.25. The number of aromatic nitrogens is 2. The average molecular weight is 855 g/mol. The number of hydrogen-bond donors (Lipinski definition) is 0. The van der Waals surface area contributed by atoms with E-state index in [-0.39, 0.29) is 5.41 Å². The first kappa shape index (κ1) is 39.3. The molecule has 0 unspecified atom stereocenters. The van der Waals surface area contributed by atoms with E-state index in [0.29, 0.717) is 6.67 Å². The van der Waals surface area contributed by atoms with E-state index in [9.17, 15) is 0 Å². The van der Waals surface area contributed by atoms with Crippen LogP contribution in [0.15, 0.2) is 217 Å². The minimum Gasteiger partial charge on any atom is -0.457 e. The van der Waals surface area contributed by atoms with Crippen LogP contribution in [0.5, 0.6) is 11.5 Å². The second kappa shape index (κ2) is 15.7. The van der Waals surface area contributed by atoms with Crippen molar-refractivity contribution in [2.24, 2.45) is 0 Å². The molecule has 3 aromatic heterocycles. The van der Waals surface area contributed by atoms with Crippen molar-refractivity contribution in [3.05, 3.63) is 218 Å². The summed E-state index contributed by atoms with van der Waals surface area (Å²) >= 11 is 0. The van der Waals surface area contributed by atoms with Gasteiger partial charge in [0.25, 0.3) is 0 Å². The third-order valence-corrected chi connectivity index (χ3v) is 12.9. The minimum atomic E-state index is -0.0492. The predicted molar refractivity (Wildman–Crippen MR) is 272 cm³/mol. The normalized spacial score (nSPS) is 12.7. The van der Waals surface area contributed by atoms with Crippen molar-refractivity contribution in [1.29, 1.82) is 0 Å². The number of benzene rings is 8. The number of nitrogens with zero attached hydrogens (tertiary/aromatic N) is 4. The Balaban J connectivity index is 0.935. The van der Waals surface area contributed by atoms with Gasteiger partial charge in [-0.15, -0.1) is 0 Å². The van der Waals surface area contributed by atoms with Gasteiger partial charge in [-0.2, -0.15) is 0 Å². The Labute approximate surface area is 384 Å². The van der Waals surface area contributed by atoms with Crippen molar-refractivity contribution in [2.45, 2.75) is 26.2 Å². The first-order valence-electron chi connectivity index (χ1n) is 22.5. The van der Waals surface area contributed by atoms with E-state index in [1.165, 1.54) is 33.4 Å². The Bertz CT molecular complexity index is 3600. The number of hydrogen-bond acceptors (Lipinski definition) is 5. The molecule has 0 N–H and O–H groups in total. The summed E-state index contributed by atoms with van der Waals surface area (Å²) in [6.07, 6.45) is 1.91. The molecule has 6 nitrogen and oxygen atoms in total. The molecule has 0 radical (unpaired) electrons. The summed E-state index contributed by atoms with van der Waals surface area (Å²) < 4.78 is 15.6. The van der Waals surface area contributed by atoms with E-state index in [0.717, 1.165) is 78.6 Å². The molecular weight excluding hydrogens is 809 g/mol. The van der Waals surface area contributed by atoms with Crippen LogP contribution >= 0.6 is 0 Å². The molecule has 66 heavy (non-hydrogen) atoms. The third-order valence-electron chi connectivity index (χ3n) is 12.9. The van der Waals surface area contributed by atoms with Gasteiger partial charge < -0.3 is 19.0 Å². The van der Waals surface area contributed by atoms with Gasteiger partial charge in [-0.25, -0.2) is 4.98 Å². The fourth-order valence-electron chi connectivity index (χ4n) is 9.65. The molecule has 0 fully saturated rings. The van der Waals surface area contributed by atoms with Crippen molar-refractivity contribution < 1.29 is 9.15 Å². The molecular formula is C60H46N4O2. The van der Waals surface area contributed by atoms with E-state index in [1.807, 2.05) is 30.5 Å². The van der Waals surface area contributed by atoms with Gasteiger partial charge in [0.2, 0.25) is 0 Å². The van der Waals surface area contributed by atoms with E-state index in [4.69, 9.17) is 14.1 Å². The molecule has 11 aromatic rings. The lowest BCUT2D eigenvalue weighted by Gasteiger charge is -2.27. The summed E-state index contributed by atoms with van der Waals surface area (Å²) in [7, 11) is 0. The lowest BCUT2D eigenvalue weighted by molar-refractivity contribution is 0.483. The zero-order valence-corrected chi connectivity index (χ0v) is 37.0. The summed E-state index contributed by atoms with van der Waals surface area (Å²) in [6.45, 7) is 7.29. The number of rotatable bonds is 8. The quantitative estimate of drug-likeness (QED) is 0.152. The van der Waals surface area contributed by atoms with Gasteiger partial charge in [0.15, 0.2) is 5.58 Å². The van der Waals surface area contributed by atoms with Crippen LogP contribution in [0.25, 0.3) is 72.2 Å². The van der Waals surface area contributed by atoms with Crippen LogP contribution in [0, 0.1) is 0 Å². The van der Waals surface area contributed by atoms with Crippen molar-refractivity contribution in [3.63, 3.8) is 0 Å². The van der Waals surface area contributed by atoms with Gasteiger partial charge in [0.05, 0.1) is 22.6 Å². The maximum Gasteiger partial charge on any atom is 0.161 e. The SMILES string of the molecule is CC(C)(C)c1ccnc(-n2c3cc(Oc4cccc(N5CN(c6c(-c7ccccc7)cccc6-c6cccc(-c7ccccc7)c6)c6ccccc65)c4)ccc3c3oc4ccccc4c32)c1. The molecule has 6 heteroatoms. The summed E-state index contributed by atoms with van der Waals surface area (Å²) in [6, 6.07) is 72.8. The molecule has 0 saturated heterocycles. The maximum atomic E-state index is 6.81. The smallest absolute Gasteiger partial charge is 0.161 e. The number of furan rings is 1. The number of fused-ring (bicyclic) bond motifs is 6. The summed E-state index contributed by atoms with van der Waals surface area (Å²) in [5, 5.41) is 2.04. The van der Waals surface area contributed by atoms with Crippen molar-refractivity contribution >= 4 is 55.7 Å². The van der Waals surface area contributed by atoms with Gasteiger partial charge in [0.1, 0.15) is 35.1 Å². The summed E-state index contributed by atoms with van der Waals surface area (Å²) in [5.74, 6) is 2.30. The molecule has 0 amide bonds. The van der Waals surface area contributed by atoms with Crippen LogP contribution in [0.2, 0.25) is 0 Å². The molecule has 12 rings (SSSR count). The Kier molecular flexibility index (Phi) is 9.35. The fourth-order valence-corrected chi connectivity index (χ4v) is 9.65. The highest BCUT2D eigenvalue weighted by Crippen LogP contribution is 2.51. The molecule has 0 aliphatic carbocycles. The van der Waals surface area contributed by atoms with Gasteiger partial charge in [-0.1, -0.05) is 148 Å². The second-order valence-electron chi connectivity index (χ2n) is 18.0. The molecule has 0 atom stereocenters. The molecule has 1 aliphatic heterocycles. The van der Waals surface area contributed by atoms with Crippen molar-refractivity contribution in [3.8, 4) is 50.7 Å². The van der Waals surface area contributed by atoms with Crippen LogP contribution < -0.4 is 14.5 Å². The third kappa shape index (κ3) is 6.77. The highest BCUT2D eigenvalue weighted by Gasteiger charge is 2.32. The second-order valence-corrected chi connectivity index (χ2v) is 18.0. The Morgan fingerprint density at radius 2 is 1.17 bits per heavy atom. The van der Waals surface area contributed by atoms with Crippen molar-refractivity contribution in [1.82, 2.24) is 9.55 Å². The van der Waals surface area contributed by atoms with Gasteiger partial charge in [0, 0.05) is 45.9 Å². The van der Waals surface area contributed by atoms with Crippen molar-refractivity contribution in [2.75, 3.05) is 16.5 Å². The molecule has 1 aliphatic rings. The average Bonchev–Trinajstić information content (AvgIpc) is 4.03.